The Kier molecular flexibility index (Phi) is 5.25. The summed E-state index contributed by atoms with van der Waals surface area (Å²) in [6, 6.07) is 1.84. The molecule has 110 valence electrons. The van der Waals surface area contributed by atoms with Crippen LogP contribution in [0.2, 0.25) is 0 Å². The summed E-state index contributed by atoms with van der Waals surface area (Å²) in [7, 11) is 3.56. The maximum atomic E-state index is 12.4. The topological polar surface area (TPSA) is 40.6 Å². The number of amides is 2. The minimum absolute atomic E-state index is 0.0517. The maximum absolute atomic E-state index is 12.4. The van der Waals surface area contributed by atoms with Crippen LogP contribution in [0.3, 0.4) is 0 Å². The molecule has 0 bridgehead atoms. The zero-order chi connectivity index (χ0) is 14.9. The monoisotopic (exact) mass is 422 g/mol. The first-order chi connectivity index (χ1) is 9.40. The Morgan fingerprint density at radius 3 is 2.35 bits per heavy atom. The molecule has 20 heavy (non-hydrogen) atoms. The smallest absolute Gasteiger partial charge is 0.264 e. The largest absolute Gasteiger partial charge is 0.349 e. The van der Waals surface area contributed by atoms with Crippen LogP contribution in [0.4, 0.5) is 0 Å². The van der Waals surface area contributed by atoms with Gasteiger partial charge >= 0.3 is 0 Å². The Morgan fingerprint density at radius 1 is 1.30 bits per heavy atom. The lowest BCUT2D eigenvalue weighted by molar-refractivity contribution is -0.134. The van der Waals surface area contributed by atoms with Gasteiger partial charge in [-0.05, 0) is 50.8 Å². The fourth-order valence-electron chi connectivity index (χ4n) is 2.30. The Balaban J connectivity index is 1.97. The van der Waals surface area contributed by atoms with Gasteiger partial charge in [0.2, 0.25) is 5.91 Å². The van der Waals surface area contributed by atoms with E-state index in [1.165, 1.54) is 11.3 Å². The Labute approximate surface area is 139 Å². The summed E-state index contributed by atoms with van der Waals surface area (Å²) in [5.74, 6) is 0.270. The van der Waals surface area contributed by atoms with Crippen LogP contribution in [0.5, 0.6) is 0 Å². The second kappa shape index (κ2) is 6.58. The Morgan fingerprint density at radius 2 is 1.90 bits per heavy atom. The van der Waals surface area contributed by atoms with E-state index in [-0.39, 0.29) is 17.7 Å². The van der Waals surface area contributed by atoms with E-state index in [0.29, 0.717) is 13.1 Å². The van der Waals surface area contributed by atoms with E-state index < -0.39 is 0 Å². The lowest BCUT2D eigenvalue weighted by Crippen LogP contribution is -2.42. The van der Waals surface area contributed by atoms with Crippen molar-refractivity contribution in [1.82, 2.24) is 9.80 Å². The molecule has 7 heteroatoms. The number of nitrogens with zero attached hydrogens (tertiary/aromatic N) is 2. The van der Waals surface area contributed by atoms with Gasteiger partial charge in [0.05, 0.1) is 8.66 Å². The van der Waals surface area contributed by atoms with Gasteiger partial charge in [0.15, 0.2) is 0 Å². The van der Waals surface area contributed by atoms with E-state index in [1.54, 1.807) is 19.0 Å². The molecule has 1 aromatic heterocycles. The molecule has 1 aromatic rings. The van der Waals surface area contributed by atoms with Crippen LogP contribution in [0.15, 0.2) is 14.3 Å². The van der Waals surface area contributed by atoms with Crippen LogP contribution >= 0.6 is 43.2 Å². The highest BCUT2D eigenvalue weighted by Crippen LogP contribution is 2.33. The first-order valence-corrected chi connectivity index (χ1v) is 8.75. The molecular formula is C13H16Br2N2O2S. The van der Waals surface area contributed by atoms with Crippen molar-refractivity contribution in [3.05, 3.63) is 19.2 Å². The van der Waals surface area contributed by atoms with Crippen LogP contribution in [-0.2, 0) is 4.79 Å². The highest BCUT2D eigenvalue weighted by Gasteiger charge is 2.29. The first-order valence-electron chi connectivity index (χ1n) is 6.35. The lowest BCUT2D eigenvalue weighted by atomic mass is 9.95. The molecule has 0 atom stereocenters. The van der Waals surface area contributed by atoms with Crippen LogP contribution in [0.1, 0.15) is 22.5 Å². The maximum Gasteiger partial charge on any atom is 0.264 e. The molecule has 4 nitrogen and oxygen atoms in total. The Bertz CT molecular complexity index is 503. The molecule has 2 amide bonds. The predicted octanol–water partition coefficient (Wildman–Crippen LogP) is 3.21. The molecule has 0 saturated carbocycles. The lowest BCUT2D eigenvalue weighted by Gasteiger charge is -2.32. The second-order valence-electron chi connectivity index (χ2n) is 5.03. The van der Waals surface area contributed by atoms with Gasteiger partial charge in [-0.1, -0.05) is 0 Å². The molecule has 0 spiro atoms. The van der Waals surface area contributed by atoms with Crippen molar-refractivity contribution in [1.29, 1.82) is 0 Å². The molecule has 0 aliphatic carbocycles. The van der Waals surface area contributed by atoms with E-state index >= 15 is 0 Å². The standard InChI is InChI=1S/C13H16Br2N2O2S/c1-16(2)12(18)8-3-5-17(6-4-8)13(19)10-7-9(14)11(15)20-10/h7-8H,3-6H2,1-2H3. The second-order valence-corrected chi connectivity index (χ2v) is 8.26. The summed E-state index contributed by atoms with van der Waals surface area (Å²) in [4.78, 5) is 28.5. The number of rotatable bonds is 2. The van der Waals surface area contributed by atoms with Crippen molar-refractivity contribution in [3.63, 3.8) is 0 Å². The molecule has 0 N–H and O–H groups in total. The summed E-state index contributed by atoms with van der Waals surface area (Å²) in [6.07, 6.45) is 1.49. The van der Waals surface area contributed by atoms with Gasteiger partial charge in [0.25, 0.3) is 5.91 Å². The highest BCUT2D eigenvalue weighted by atomic mass is 79.9. The third-order valence-electron chi connectivity index (χ3n) is 3.43. The molecule has 0 radical (unpaired) electrons. The number of hydrogen-bond donors (Lipinski definition) is 0. The number of piperidine rings is 1. The third-order valence-corrected chi connectivity index (χ3v) is 6.67. The van der Waals surface area contributed by atoms with Crippen molar-refractivity contribution in [2.75, 3.05) is 27.2 Å². The van der Waals surface area contributed by atoms with Crippen LogP contribution in [-0.4, -0.2) is 48.8 Å². The number of halogens is 2. The fourth-order valence-corrected chi connectivity index (χ4v) is 4.31. The SMILES string of the molecule is CN(C)C(=O)C1CCN(C(=O)c2cc(Br)c(Br)s2)CC1. The quantitative estimate of drug-likeness (QED) is 0.732. The van der Waals surface area contributed by atoms with Crippen LogP contribution in [0, 0.1) is 5.92 Å². The van der Waals surface area contributed by atoms with Crippen molar-refractivity contribution >= 4 is 55.0 Å². The van der Waals surface area contributed by atoms with Crippen molar-refractivity contribution in [3.8, 4) is 0 Å². The van der Waals surface area contributed by atoms with Gasteiger partial charge in [-0.15, -0.1) is 11.3 Å². The summed E-state index contributed by atoms with van der Waals surface area (Å²) < 4.78 is 1.84. The van der Waals surface area contributed by atoms with Gasteiger partial charge < -0.3 is 9.80 Å². The van der Waals surface area contributed by atoms with E-state index in [2.05, 4.69) is 31.9 Å². The van der Waals surface area contributed by atoms with Gasteiger partial charge in [-0.2, -0.15) is 0 Å². The molecule has 0 aromatic carbocycles. The number of carbonyl (C=O) groups excluding carboxylic acids is 2. The summed E-state index contributed by atoms with van der Waals surface area (Å²) in [5.41, 5.74) is 0. The molecule has 1 aliphatic heterocycles. The van der Waals surface area contributed by atoms with E-state index in [9.17, 15) is 9.59 Å². The minimum atomic E-state index is 0.0517. The molecule has 1 fully saturated rings. The minimum Gasteiger partial charge on any atom is -0.349 e. The first kappa shape index (κ1) is 16.0. The predicted molar refractivity (Wildman–Crippen MR) is 87.0 cm³/mol. The van der Waals surface area contributed by atoms with E-state index in [0.717, 1.165) is 26.0 Å². The zero-order valence-electron chi connectivity index (χ0n) is 11.4. The summed E-state index contributed by atoms with van der Waals surface area (Å²) >= 11 is 8.23. The van der Waals surface area contributed by atoms with Gasteiger partial charge in [0.1, 0.15) is 0 Å². The van der Waals surface area contributed by atoms with Crippen LogP contribution < -0.4 is 0 Å². The average molecular weight is 424 g/mol. The molecule has 1 aliphatic rings. The average Bonchev–Trinajstić information content (AvgIpc) is 2.77. The van der Waals surface area contributed by atoms with Gasteiger partial charge in [-0.3, -0.25) is 9.59 Å². The van der Waals surface area contributed by atoms with Crippen molar-refractivity contribution in [2.45, 2.75) is 12.8 Å². The number of thiophene rings is 1. The van der Waals surface area contributed by atoms with Gasteiger partial charge in [-0.25, -0.2) is 0 Å². The molecular weight excluding hydrogens is 408 g/mol. The molecule has 0 unspecified atom stereocenters. The van der Waals surface area contributed by atoms with Crippen LogP contribution in [0.25, 0.3) is 0 Å². The molecule has 2 heterocycles. The van der Waals surface area contributed by atoms with Gasteiger partial charge in [0, 0.05) is 37.6 Å². The Hall–Kier alpha value is -0.400. The highest BCUT2D eigenvalue weighted by molar-refractivity contribution is 9.13. The molecule has 1 saturated heterocycles. The summed E-state index contributed by atoms with van der Waals surface area (Å²) in [6.45, 7) is 1.30. The van der Waals surface area contributed by atoms with Crippen molar-refractivity contribution < 1.29 is 9.59 Å². The molecule has 2 rings (SSSR count). The zero-order valence-corrected chi connectivity index (χ0v) is 15.3. The number of likely N-dealkylation sites (tertiary alicyclic amines) is 1. The number of hydrogen-bond acceptors (Lipinski definition) is 3. The number of carbonyl (C=O) groups is 2. The van der Waals surface area contributed by atoms with E-state index in [1.807, 2.05) is 11.0 Å². The van der Waals surface area contributed by atoms with Crippen molar-refractivity contribution in [2.24, 2.45) is 5.92 Å². The normalized spacial score (nSPS) is 16.3. The summed E-state index contributed by atoms with van der Waals surface area (Å²) in [5, 5.41) is 0. The fraction of sp³-hybridized carbons (Fsp3) is 0.538. The van der Waals surface area contributed by atoms with E-state index in [4.69, 9.17) is 0 Å². The third kappa shape index (κ3) is 3.43.